The Labute approximate surface area is 202 Å². The minimum Gasteiger partial charge on any atom is -0.489 e. The van der Waals surface area contributed by atoms with E-state index in [9.17, 15) is 9.18 Å². The first-order valence-corrected chi connectivity index (χ1v) is 11.1. The first-order valence-electron chi connectivity index (χ1n) is 10.7. The van der Waals surface area contributed by atoms with Gasteiger partial charge in [-0.2, -0.15) is 5.10 Å². The number of hydrogen-bond donors (Lipinski definition) is 0. The van der Waals surface area contributed by atoms with Crippen LogP contribution in [-0.2, 0) is 11.4 Å². The number of hydrogen-bond acceptors (Lipinski definition) is 5. The molecule has 0 bridgehead atoms. The summed E-state index contributed by atoms with van der Waals surface area (Å²) in [5.74, 6) is 0.237. The van der Waals surface area contributed by atoms with E-state index in [-0.39, 0.29) is 17.4 Å². The van der Waals surface area contributed by atoms with Crippen LogP contribution < -0.4 is 4.74 Å². The molecule has 1 heterocycles. The van der Waals surface area contributed by atoms with Crippen molar-refractivity contribution in [3.63, 3.8) is 0 Å². The molecule has 174 valence electrons. The van der Waals surface area contributed by atoms with Crippen molar-refractivity contribution in [3.8, 4) is 5.75 Å². The zero-order valence-corrected chi connectivity index (χ0v) is 19.5. The molecular weight excluding hydrogens is 457 g/mol. The number of benzene rings is 3. The lowest BCUT2D eigenvalue weighted by molar-refractivity contribution is 0.0508. The van der Waals surface area contributed by atoms with Gasteiger partial charge >= 0.3 is 5.97 Å². The maximum Gasteiger partial charge on any atom is 0.367 e. The maximum atomic E-state index is 13.0. The van der Waals surface area contributed by atoms with Gasteiger partial charge in [0.05, 0.1) is 16.6 Å². The number of carbonyl (C=O) groups excluding carboxylic acids is 1. The van der Waals surface area contributed by atoms with Crippen molar-refractivity contribution in [2.24, 2.45) is 10.3 Å². The second-order valence-corrected chi connectivity index (χ2v) is 8.29. The van der Waals surface area contributed by atoms with E-state index in [1.54, 1.807) is 48.3 Å². The predicted octanol–water partition coefficient (Wildman–Crippen LogP) is 6.37. The van der Waals surface area contributed by atoms with Gasteiger partial charge < -0.3 is 9.57 Å². The molecule has 0 aliphatic carbocycles. The van der Waals surface area contributed by atoms with Gasteiger partial charge in [0.15, 0.2) is 5.84 Å². The van der Waals surface area contributed by atoms with Crippen molar-refractivity contribution in [2.45, 2.75) is 32.9 Å². The zero-order chi connectivity index (χ0) is 24.1. The van der Waals surface area contributed by atoms with E-state index in [4.69, 9.17) is 21.2 Å². The Kier molecular flexibility index (Phi) is 7.23. The molecule has 8 heteroatoms. The molecule has 3 aromatic rings. The SMILES string of the molecule is CC1=NN(/C(C)=N\OC(=O)c2ccccc2Cl)C(c2ccc(OCc3ccc(F)cc3)cc2)C1. The molecule has 0 saturated carbocycles. The summed E-state index contributed by atoms with van der Waals surface area (Å²) in [6, 6.07) is 20.5. The van der Waals surface area contributed by atoms with Gasteiger partial charge in [0.1, 0.15) is 18.2 Å². The molecular formula is C26H23ClFN3O3. The fourth-order valence-electron chi connectivity index (χ4n) is 3.58. The number of hydrazone groups is 1. The predicted molar refractivity (Wildman–Crippen MR) is 129 cm³/mol. The van der Waals surface area contributed by atoms with Crippen LogP contribution in [0.25, 0.3) is 0 Å². The molecule has 1 unspecified atom stereocenters. The molecule has 0 fully saturated rings. The molecule has 3 aromatic carbocycles. The normalized spacial score (nSPS) is 15.8. The molecule has 1 aliphatic rings. The van der Waals surface area contributed by atoms with Crippen LogP contribution >= 0.6 is 11.6 Å². The minimum absolute atomic E-state index is 0.0890. The van der Waals surface area contributed by atoms with Crippen LogP contribution in [0.1, 0.15) is 47.8 Å². The number of rotatable bonds is 6. The smallest absolute Gasteiger partial charge is 0.367 e. The Morgan fingerprint density at radius 3 is 2.53 bits per heavy atom. The van der Waals surface area contributed by atoms with E-state index in [1.165, 1.54) is 12.1 Å². The van der Waals surface area contributed by atoms with E-state index in [1.807, 2.05) is 31.2 Å². The van der Waals surface area contributed by atoms with Gasteiger partial charge in [-0.1, -0.05) is 53.2 Å². The van der Waals surface area contributed by atoms with E-state index < -0.39 is 5.97 Å². The number of oxime groups is 1. The molecule has 34 heavy (non-hydrogen) atoms. The second-order valence-electron chi connectivity index (χ2n) is 7.88. The van der Waals surface area contributed by atoms with Gasteiger partial charge in [-0.05, 0) is 61.4 Å². The third-order valence-corrected chi connectivity index (χ3v) is 5.66. The summed E-state index contributed by atoms with van der Waals surface area (Å²) in [5, 5.41) is 10.6. The monoisotopic (exact) mass is 479 g/mol. The lowest BCUT2D eigenvalue weighted by Crippen LogP contribution is -2.25. The quantitative estimate of drug-likeness (QED) is 0.178. The molecule has 0 saturated heterocycles. The first kappa shape index (κ1) is 23.4. The number of carbonyl (C=O) groups is 1. The highest BCUT2D eigenvalue weighted by molar-refractivity contribution is 6.33. The van der Waals surface area contributed by atoms with Crippen LogP contribution in [0.4, 0.5) is 4.39 Å². The van der Waals surface area contributed by atoms with Crippen LogP contribution in [-0.4, -0.2) is 22.5 Å². The number of ether oxygens (including phenoxy) is 1. The molecule has 0 amide bonds. The Balaban J connectivity index is 1.41. The minimum atomic E-state index is -0.635. The summed E-state index contributed by atoms with van der Waals surface area (Å²) in [5.41, 5.74) is 3.08. The fraction of sp³-hybridized carbons (Fsp3) is 0.192. The highest BCUT2D eigenvalue weighted by atomic mass is 35.5. The Hall–Kier alpha value is -3.71. The van der Waals surface area contributed by atoms with Crippen molar-refractivity contribution in [2.75, 3.05) is 0 Å². The summed E-state index contributed by atoms with van der Waals surface area (Å²) in [7, 11) is 0. The first-order chi connectivity index (χ1) is 16.4. The number of nitrogens with zero attached hydrogens (tertiary/aromatic N) is 3. The Morgan fingerprint density at radius 2 is 1.82 bits per heavy atom. The zero-order valence-electron chi connectivity index (χ0n) is 18.7. The second kappa shape index (κ2) is 10.5. The highest BCUT2D eigenvalue weighted by Gasteiger charge is 2.28. The summed E-state index contributed by atoms with van der Waals surface area (Å²) in [6.07, 6.45) is 0.709. The van der Waals surface area contributed by atoms with Gasteiger partial charge in [-0.3, -0.25) is 0 Å². The standard InChI is InChI=1S/C26H23ClFN3O3/c1-17-15-25(20-9-13-22(14-10-20)33-16-19-7-11-21(28)12-8-19)31(29-17)18(2)30-34-26(32)23-5-3-4-6-24(23)27/h3-14,25H,15-16H2,1-2H3/b30-18-. The van der Waals surface area contributed by atoms with E-state index >= 15 is 0 Å². The maximum absolute atomic E-state index is 13.0. The average molecular weight is 480 g/mol. The van der Waals surface area contributed by atoms with E-state index in [0.717, 1.165) is 16.8 Å². The molecule has 1 atom stereocenters. The van der Waals surface area contributed by atoms with Crippen molar-refractivity contribution >= 4 is 29.1 Å². The molecule has 4 rings (SSSR count). The highest BCUT2D eigenvalue weighted by Crippen LogP contribution is 2.32. The molecule has 6 nitrogen and oxygen atoms in total. The van der Waals surface area contributed by atoms with E-state index in [0.29, 0.717) is 29.6 Å². The number of amidine groups is 1. The van der Waals surface area contributed by atoms with Gasteiger partial charge in [0.25, 0.3) is 0 Å². The summed E-state index contributed by atoms with van der Waals surface area (Å²) in [4.78, 5) is 17.4. The summed E-state index contributed by atoms with van der Waals surface area (Å²) < 4.78 is 18.9. The fourth-order valence-corrected chi connectivity index (χ4v) is 3.79. The van der Waals surface area contributed by atoms with Crippen molar-refractivity contribution in [1.29, 1.82) is 0 Å². The van der Waals surface area contributed by atoms with Crippen LogP contribution in [0.3, 0.4) is 0 Å². The lowest BCUT2D eigenvalue weighted by atomic mass is 10.0. The largest absolute Gasteiger partial charge is 0.489 e. The lowest BCUT2D eigenvalue weighted by Gasteiger charge is -2.23. The molecule has 0 N–H and O–H groups in total. The topological polar surface area (TPSA) is 63.5 Å². The van der Waals surface area contributed by atoms with Crippen molar-refractivity contribution < 1.29 is 18.8 Å². The van der Waals surface area contributed by atoms with Gasteiger partial charge in [-0.25, -0.2) is 14.2 Å². The Bertz CT molecular complexity index is 1230. The van der Waals surface area contributed by atoms with E-state index in [2.05, 4.69) is 10.3 Å². The van der Waals surface area contributed by atoms with Gasteiger partial charge in [0.2, 0.25) is 0 Å². The third kappa shape index (κ3) is 5.61. The molecule has 0 aromatic heterocycles. The van der Waals surface area contributed by atoms with Crippen LogP contribution in [0.5, 0.6) is 5.75 Å². The van der Waals surface area contributed by atoms with Crippen LogP contribution in [0.15, 0.2) is 83.1 Å². The number of halogens is 2. The molecule has 1 aliphatic heterocycles. The Morgan fingerprint density at radius 1 is 1.12 bits per heavy atom. The summed E-state index contributed by atoms with van der Waals surface area (Å²) in [6.45, 7) is 4.02. The van der Waals surface area contributed by atoms with Crippen molar-refractivity contribution in [3.05, 3.63) is 100 Å². The van der Waals surface area contributed by atoms with Crippen LogP contribution in [0, 0.1) is 5.82 Å². The average Bonchev–Trinajstić information content (AvgIpc) is 3.24. The molecule has 0 radical (unpaired) electrons. The van der Waals surface area contributed by atoms with Crippen LogP contribution in [0.2, 0.25) is 5.02 Å². The summed E-state index contributed by atoms with van der Waals surface area (Å²) >= 11 is 6.05. The van der Waals surface area contributed by atoms with Gasteiger partial charge in [0, 0.05) is 12.1 Å². The molecule has 0 spiro atoms. The van der Waals surface area contributed by atoms with Crippen molar-refractivity contribution in [1.82, 2.24) is 5.01 Å². The van der Waals surface area contributed by atoms with Gasteiger partial charge in [-0.15, -0.1) is 0 Å². The third-order valence-electron chi connectivity index (χ3n) is 5.33.